The van der Waals surface area contributed by atoms with Gasteiger partial charge in [0.15, 0.2) is 11.6 Å². The Morgan fingerprint density at radius 2 is 1.90 bits per heavy atom. The van der Waals surface area contributed by atoms with Gasteiger partial charge < -0.3 is 5.32 Å². The van der Waals surface area contributed by atoms with Crippen LogP contribution >= 0.6 is 0 Å². The van der Waals surface area contributed by atoms with Crippen molar-refractivity contribution >= 4 is 11.7 Å². The maximum Gasteiger partial charge on any atom is 0.257 e. The summed E-state index contributed by atoms with van der Waals surface area (Å²) in [5.74, 6) is -2.55. The first-order valence-corrected chi connectivity index (χ1v) is 5.65. The molecule has 0 aliphatic carbocycles. The highest BCUT2D eigenvalue weighted by Crippen LogP contribution is 2.28. The number of halogens is 2. The van der Waals surface area contributed by atoms with Crippen molar-refractivity contribution in [1.82, 2.24) is 15.3 Å². The Kier molecular flexibility index (Phi) is 2.79. The molecule has 1 aliphatic heterocycles. The van der Waals surface area contributed by atoms with Crippen LogP contribution in [0.25, 0.3) is 11.4 Å². The zero-order valence-corrected chi connectivity index (χ0v) is 9.94. The molecule has 102 valence electrons. The first-order valence-electron chi connectivity index (χ1n) is 5.65. The van der Waals surface area contributed by atoms with E-state index in [0.717, 1.165) is 12.1 Å². The topological polar surface area (TPSA) is 87.1 Å². The molecular weight excluding hydrogens is 270 g/mol. The SMILES string of the molecule is O=C1NCc2nc(-c3c(F)cccc3F)nc(NO)c21. The molecule has 1 aromatic heterocycles. The molecular formula is C12H8F2N4O2. The van der Waals surface area contributed by atoms with Gasteiger partial charge in [0.1, 0.15) is 17.2 Å². The standard InChI is InChI=1S/C12H8F2N4O2/c13-5-2-1-3-6(14)8(5)10-16-7-4-15-12(19)9(7)11(17-10)18-20/h1-3,20H,4H2,(H,15,19)(H,16,17,18). The number of hydrogen-bond acceptors (Lipinski definition) is 5. The molecule has 0 saturated carbocycles. The Hall–Kier alpha value is -2.61. The number of nitrogens with zero attached hydrogens (tertiary/aromatic N) is 2. The van der Waals surface area contributed by atoms with Gasteiger partial charge in [0, 0.05) is 0 Å². The van der Waals surface area contributed by atoms with Crippen LogP contribution in [0.5, 0.6) is 0 Å². The fraction of sp³-hybridized carbons (Fsp3) is 0.0833. The van der Waals surface area contributed by atoms with Gasteiger partial charge in [0.25, 0.3) is 5.91 Å². The fourth-order valence-electron chi connectivity index (χ4n) is 2.03. The van der Waals surface area contributed by atoms with Crippen molar-refractivity contribution in [2.45, 2.75) is 6.54 Å². The molecule has 0 unspecified atom stereocenters. The number of nitrogens with one attached hydrogen (secondary N) is 2. The molecule has 20 heavy (non-hydrogen) atoms. The molecule has 3 rings (SSSR count). The van der Waals surface area contributed by atoms with Crippen LogP contribution in [0.1, 0.15) is 16.1 Å². The van der Waals surface area contributed by atoms with Gasteiger partial charge in [-0.15, -0.1) is 0 Å². The minimum atomic E-state index is -0.828. The predicted molar refractivity (Wildman–Crippen MR) is 64.0 cm³/mol. The molecule has 0 saturated heterocycles. The van der Waals surface area contributed by atoms with Crippen LogP contribution in [0.3, 0.4) is 0 Å². The van der Waals surface area contributed by atoms with E-state index in [0.29, 0.717) is 0 Å². The summed E-state index contributed by atoms with van der Waals surface area (Å²) in [7, 11) is 0. The second-order valence-corrected chi connectivity index (χ2v) is 4.11. The predicted octanol–water partition coefficient (Wildman–Crippen LogP) is 1.47. The Labute approximate surface area is 111 Å². The summed E-state index contributed by atoms with van der Waals surface area (Å²) in [6.07, 6.45) is 0. The van der Waals surface area contributed by atoms with Crippen LogP contribution in [0.4, 0.5) is 14.6 Å². The third kappa shape index (κ3) is 1.77. The number of carbonyl (C=O) groups excluding carboxylic acids is 1. The van der Waals surface area contributed by atoms with E-state index in [2.05, 4.69) is 15.3 Å². The largest absolute Gasteiger partial charge is 0.346 e. The summed E-state index contributed by atoms with van der Waals surface area (Å²) in [5, 5.41) is 11.5. The van der Waals surface area contributed by atoms with Crippen molar-refractivity contribution in [3.8, 4) is 11.4 Å². The molecule has 0 bridgehead atoms. The second-order valence-electron chi connectivity index (χ2n) is 4.11. The monoisotopic (exact) mass is 278 g/mol. The minimum Gasteiger partial charge on any atom is -0.346 e. The van der Waals surface area contributed by atoms with Gasteiger partial charge in [0.05, 0.1) is 17.8 Å². The molecule has 8 heteroatoms. The molecule has 0 radical (unpaired) electrons. The first kappa shape index (κ1) is 12.4. The Morgan fingerprint density at radius 1 is 1.20 bits per heavy atom. The summed E-state index contributed by atoms with van der Waals surface area (Å²) in [6.45, 7) is 0.106. The van der Waals surface area contributed by atoms with E-state index in [1.54, 1.807) is 5.48 Å². The van der Waals surface area contributed by atoms with Gasteiger partial charge in [0.2, 0.25) is 0 Å². The van der Waals surface area contributed by atoms with Crippen LogP contribution in [0.2, 0.25) is 0 Å². The normalized spacial score (nSPS) is 13.1. The van der Waals surface area contributed by atoms with Crippen molar-refractivity contribution < 1.29 is 18.8 Å². The maximum atomic E-state index is 13.7. The summed E-state index contributed by atoms with van der Waals surface area (Å²) in [5.41, 5.74) is 1.67. The molecule has 6 nitrogen and oxygen atoms in total. The van der Waals surface area contributed by atoms with Crippen LogP contribution in [-0.4, -0.2) is 21.1 Å². The maximum absolute atomic E-state index is 13.7. The van der Waals surface area contributed by atoms with E-state index in [1.807, 2.05) is 0 Å². The van der Waals surface area contributed by atoms with Crippen molar-refractivity contribution in [2.75, 3.05) is 5.48 Å². The highest BCUT2D eigenvalue weighted by molar-refractivity contribution is 6.02. The van der Waals surface area contributed by atoms with Gasteiger partial charge >= 0.3 is 0 Å². The zero-order valence-electron chi connectivity index (χ0n) is 9.94. The number of aromatic nitrogens is 2. The van der Waals surface area contributed by atoms with Gasteiger partial charge in [-0.25, -0.2) is 18.7 Å². The number of carbonyl (C=O) groups is 1. The van der Waals surface area contributed by atoms with E-state index < -0.39 is 23.1 Å². The molecule has 3 N–H and O–H groups in total. The summed E-state index contributed by atoms with van der Waals surface area (Å²) in [6, 6.07) is 3.37. The van der Waals surface area contributed by atoms with Crippen LogP contribution in [0, 0.1) is 11.6 Å². The number of hydrogen-bond donors (Lipinski definition) is 3. The molecule has 1 aromatic carbocycles. The fourth-order valence-corrected chi connectivity index (χ4v) is 2.03. The molecule has 2 heterocycles. The molecule has 2 aromatic rings. The van der Waals surface area contributed by atoms with Crippen LogP contribution in [0.15, 0.2) is 18.2 Å². The number of benzene rings is 1. The van der Waals surface area contributed by atoms with Crippen molar-refractivity contribution in [2.24, 2.45) is 0 Å². The highest BCUT2D eigenvalue weighted by atomic mass is 19.1. The van der Waals surface area contributed by atoms with Gasteiger partial charge in [-0.05, 0) is 12.1 Å². The van der Waals surface area contributed by atoms with Crippen LogP contribution < -0.4 is 10.8 Å². The third-order valence-corrected chi connectivity index (χ3v) is 2.92. The van der Waals surface area contributed by atoms with E-state index in [-0.39, 0.29) is 29.4 Å². The molecule has 0 atom stereocenters. The molecule has 1 aliphatic rings. The first-order chi connectivity index (χ1) is 9.61. The van der Waals surface area contributed by atoms with E-state index in [9.17, 15) is 13.6 Å². The highest BCUT2D eigenvalue weighted by Gasteiger charge is 2.27. The Morgan fingerprint density at radius 3 is 2.55 bits per heavy atom. The van der Waals surface area contributed by atoms with Gasteiger partial charge in [-0.1, -0.05) is 6.07 Å². The molecule has 0 fully saturated rings. The Bertz CT molecular complexity index is 701. The Balaban J connectivity index is 2.24. The van der Waals surface area contributed by atoms with Gasteiger partial charge in [-0.3, -0.25) is 15.5 Å². The lowest BCUT2D eigenvalue weighted by Gasteiger charge is -2.08. The van der Waals surface area contributed by atoms with Crippen molar-refractivity contribution in [1.29, 1.82) is 0 Å². The number of amides is 1. The molecule has 0 spiro atoms. The van der Waals surface area contributed by atoms with Gasteiger partial charge in [-0.2, -0.15) is 0 Å². The average molecular weight is 278 g/mol. The second kappa shape index (κ2) is 4.49. The van der Waals surface area contributed by atoms with E-state index in [1.165, 1.54) is 6.07 Å². The lowest BCUT2D eigenvalue weighted by molar-refractivity contribution is 0.0965. The quantitative estimate of drug-likeness (QED) is 0.724. The van der Waals surface area contributed by atoms with Crippen LogP contribution in [-0.2, 0) is 6.54 Å². The smallest absolute Gasteiger partial charge is 0.257 e. The average Bonchev–Trinajstić information content (AvgIpc) is 2.79. The summed E-state index contributed by atoms with van der Waals surface area (Å²) in [4.78, 5) is 19.3. The number of anilines is 1. The number of fused-ring (bicyclic) bond motifs is 1. The van der Waals surface area contributed by atoms with Crippen molar-refractivity contribution in [3.05, 3.63) is 41.1 Å². The molecule has 1 amide bonds. The minimum absolute atomic E-state index is 0.0630. The third-order valence-electron chi connectivity index (χ3n) is 2.92. The number of rotatable bonds is 2. The zero-order chi connectivity index (χ0) is 14.3. The van der Waals surface area contributed by atoms with E-state index >= 15 is 0 Å². The summed E-state index contributed by atoms with van der Waals surface area (Å²) < 4.78 is 27.4. The van der Waals surface area contributed by atoms with E-state index in [4.69, 9.17) is 5.21 Å². The summed E-state index contributed by atoms with van der Waals surface area (Å²) >= 11 is 0. The lowest BCUT2D eigenvalue weighted by Crippen LogP contribution is -2.14. The lowest BCUT2D eigenvalue weighted by atomic mass is 10.1. The van der Waals surface area contributed by atoms with Crippen molar-refractivity contribution in [3.63, 3.8) is 0 Å².